The largest absolute Gasteiger partial charge is 0.452 e. The van der Waals surface area contributed by atoms with Crippen molar-refractivity contribution < 1.29 is 19.1 Å². The van der Waals surface area contributed by atoms with E-state index < -0.39 is 24.0 Å². The van der Waals surface area contributed by atoms with E-state index in [-0.39, 0.29) is 5.75 Å². The molecule has 0 saturated carbocycles. The summed E-state index contributed by atoms with van der Waals surface area (Å²) in [5.41, 5.74) is 2.21. The van der Waals surface area contributed by atoms with Gasteiger partial charge in [0.2, 0.25) is 0 Å². The number of aryl methyl sites for hydroxylation is 1. The Hall–Kier alpha value is -3.37. The second-order valence-corrected chi connectivity index (χ2v) is 8.00. The molecule has 1 unspecified atom stereocenters. The van der Waals surface area contributed by atoms with E-state index in [1.165, 1.54) is 13.3 Å². The van der Waals surface area contributed by atoms with Crippen LogP contribution in [0, 0.1) is 6.92 Å². The van der Waals surface area contributed by atoms with Gasteiger partial charge in [0.25, 0.3) is 5.91 Å². The number of ether oxygens (including phenoxy) is 1. The fourth-order valence-corrected chi connectivity index (χ4v) is 3.42. The highest BCUT2D eigenvalue weighted by Crippen LogP contribution is 2.23. The molecule has 3 amide bonds. The first-order valence-electron chi connectivity index (χ1n) is 9.49. The molecule has 1 aromatic heterocycles. The van der Waals surface area contributed by atoms with E-state index in [2.05, 4.69) is 20.8 Å². The highest BCUT2D eigenvalue weighted by atomic mass is 35.5. The average molecular weight is 474 g/mol. The van der Waals surface area contributed by atoms with Gasteiger partial charge in [0.05, 0.1) is 11.4 Å². The first-order chi connectivity index (χ1) is 15.3. The van der Waals surface area contributed by atoms with Crippen LogP contribution in [0.1, 0.15) is 12.5 Å². The third-order valence-electron chi connectivity index (χ3n) is 4.22. The number of esters is 1. The third-order valence-corrected chi connectivity index (χ3v) is 5.54. The average Bonchev–Trinajstić information content (AvgIpc) is 3.23. The van der Waals surface area contributed by atoms with E-state index >= 15 is 0 Å². The topological polar surface area (TPSA) is 115 Å². The summed E-state index contributed by atoms with van der Waals surface area (Å²) in [6.07, 6.45) is 0.356. The number of aromatic nitrogens is 3. The first-order valence-corrected chi connectivity index (χ1v) is 10.9. The molecule has 11 heteroatoms. The molecule has 1 atom stereocenters. The van der Waals surface area contributed by atoms with Gasteiger partial charge in [-0.2, -0.15) is 0 Å². The molecule has 166 valence electrons. The van der Waals surface area contributed by atoms with Gasteiger partial charge >= 0.3 is 12.0 Å². The second-order valence-electron chi connectivity index (χ2n) is 6.65. The van der Waals surface area contributed by atoms with Crippen LogP contribution in [0.2, 0.25) is 5.02 Å². The minimum Gasteiger partial charge on any atom is -0.452 e. The number of imide groups is 1. The van der Waals surface area contributed by atoms with Gasteiger partial charge in [0.15, 0.2) is 11.3 Å². The van der Waals surface area contributed by atoms with Crippen LogP contribution < -0.4 is 10.6 Å². The molecular formula is C21H20ClN5O4S. The van der Waals surface area contributed by atoms with Crippen LogP contribution in [0.5, 0.6) is 0 Å². The molecule has 0 saturated heterocycles. The van der Waals surface area contributed by atoms with Crippen molar-refractivity contribution in [3.05, 3.63) is 65.4 Å². The Morgan fingerprint density at radius 3 is 2.66 bits per heavy atom. The lowest BCUT2D eigenvalue weighted by Crippen LogP contribution is -2.41. The maximum absolute atomic E-state index is 12.2. The molecule has 9 nitrogen and oxygen atoms in total. The molecule has 2 aromatic carbocycles. The Kier molecular flexibility index (Phi) is 7.85. The Morgan fingerprint density at radius 2 is 1.94 bits per heavy atom. The Bertz CT molecular complexity index is 1120. The van der Waals surface area contributed by atoms with Crippen molar-refractivity contribution in [2.45, 2.75) is 25.1 Å². The zero-order valence-corrected chi connectivity index (χ0v) is 18.8. The monoisotopic (exact) mass is 473 g/mol. The molecule has 3 rings (SSSR count). The molecule has 3 aromatic rings. The lowest BCUT2D eigenvalue weighted by Gasteiger charge is -2.13. The summed E-state index contributed by atoms with van der Waals surface area (Å²) in [4.78, 5) is 36.2. The third kappa shape index (κ3) is 6.32. The van der Waals surface area contributed by atoms with Crippen molar-refractivity contribution in [3.63, 3.8) is 0 Å². The smallest absolute Gasteiger partial charge is 0.325 e. The predicted molar refractivity (Wildman–Crippen MR) is 121 cm³/mol. The number of carbonyl (C=O) groups is 3. The van der Waals surface area contributed by atoms with Gasteiger partial charge in [0, 0.05) is 10.7 Å². The Balaban J connectivity index is 1.49. The van der Waals surface area contributed by atoms with Crippen LogP contribution in [-0.4, -0.2) is 44.5 Å². The standard InChI is InChI=1S/C21H20ClN5O4S/c1-13-8-9-16(10-17(13)22)27-12-23-26-21(27)32-11-18(28)31-14(2)19(29)25-20(30)24-15-6-4-3-5-7-15/h3-10,12,14H,11H2,1-2H3,(H2,24,25,29,30). The van der Waals surface area contributed by atoms with Crippen LogP contribution in [0.4, 0.5) is 10.5 Å². The second kappa shape index (κ2) is 10.8. The molecule has 0 bridgehead atoms. The summed E-state index contributed by atoms with van der Waals surface area (Å²) < 4.78 is 6.80. The fraction of sp³-hybridized carbons (Fsp3) is 0.190. The van der Waals surface area contributed by atoms with E-state index in [0.29, 0.717) is 15.9 Å². The van der Waals surface area contributed by atoms with Crippen LogP contribution in [0.15, 0.2) is 60.0 Å². The zero-order valence-electron chi connectivity index (χ0n) is 17.2. The highest BCUT2D eigenvalue weighted by molar-refractivity contribution is 7.99. The van der Waals surface area contributed by atoms with Gasteiger partial charge in [-0.1, -0.05) is 47.6 Å². The molecule has 1 heterocycles. The van der Waals surface area contributed by atoms with Crippen molar-refractivity contribution in [1.82, 2.24) is 20.1 Å². The number of urea groups is 1. The van der Waals surface area contributed by atoms with Gasteiger partial charge < -0.3 is 10.1 Å². The van der Waals surface area contributed by atoms with E-state index in [4.69, 9.17) is 16.3 Å². The number of anilines is 1. The number of carbonyl (C=O) groups excluding carboxylic acids is 3. The summed E-state index contributed by atoms with van der Waals surface area (Å²) >= 11 is 7.27. The summed E-state index contributed by atoms with van der Waals surface area (Å²) in [6.45, 7) is 3.27. The minimum atomic E-state index is -1.15. The number of halogens is 1. The van der Waals surface area contributed by atoms with Gasteiger partial charge in [0.1, 0.15) is 6.33 Å². The molecule has 2 N–H and O–H groups in total. The van der Waals surface area contributed by atoms with Crippen molar-refractivity contribution in [2.24, 2.45) is 0 Å². The van der Waals surface area contributed by atoms with Crippen LogP contribution in [0.3, 0.4) is 0 Å². The lowest BCUT2D eigenvalue weighted by atomic mass is 10.2. The first kappa shape index (κ1) is 23.3. The van der Waals surface area contributed by atoms with Crippen LogP contribution >= 0.6 is 23.4 Å². The quantitative estimate of drug-likeness (QED) is 0.398. The van der Waals surface area contributed by atoms with E-state index in [1.807, 2.05) is 19.1 Å². The molecule has 32 heavy (non-hydrogen) atoms. The van der Waals surface area contributed by atoms with Gasteiger partial charge in [-0.3, -0.25) is 19.5 Å². The zero-order chi connectivity index (χ0) is 23.1. The molecule has 0 aliphatic heterocycles. The number of amides is 3. The summed E-state index contributed by atoms with van der Waals surface area (Å²) in [5.74, 6) is -1.49. The molecule has 0 aliphatic carbocycles. The number of nitrogens with one attached hydrogen (secondary N) is 2. The van der Waals surface area contributed by atoms with E-state index in [9.17, 15) is 14.4 Å². The summed E-state index contributed by atoms with van der Waals surface area (Å²) in [5, 5.41) is 13.6. The SMILES string of the molecule is Cc1ccc(-n2cnnc2SCC(=O)OC(C)C(=O)NC(=O)Nc2ccccc2)cc1Cl. The predicted octanol–water partition coefficient (Wildman–Crippen LogP) is 3.60. The van der Waals surface area contributed by atoms with E-state index in [0.717, 1.165) is 23.0 Å². The summed E-state index contributed by atoms with van der Waals surface area (Å²) in [7, 11) is 0. The number of hydrogen-bond donors (Lipinski definition) is 2. The number of rotatable bonds is 7. The van der Waals surface area contributed by atoms with Gasteiger partial charge in [-0.15, -0.1) is 10.2 Å². The lowest BCUT2D eigenvalue weighted by molar-refractivity contribution is -0.151. The summed E-state index contributed by atoms with van der Waals surface area (Å²) in [6, 6.07) is 13.4. The van der Waals surface area contributed by atoms with Crippen LogP contribution in [0.25, 0.3) is 5.69 Å². The number of thioether (sulfide) groups is 1. The van der Waals surface area contributed by atoms with Gasteiger partial charge in [-0.25, -0.2) is 4.79 Å². The van der Waals surface area contributed by atoms with Crippen molar-refractivity contribution in [2.75, 3.05) is 11.1 Å². The maximum atomic E-state index is 12.2. The van der Waals surface area contributed by atoms with Gasteiger partial charge in [-0.05, 0) is 43.7 Å². The van der Waals surface area contributed by atoms with Crippen LogP contribution in [-0.2, 0) is 14.3 Å². The molecule has 0 spiro atoms. The molecular weight excluding hydrogens is 454 g/mol. The van der Waals surface area contributed by atoms with Crippen molar-refractivity contribution in [3.8, 4) is 5.69 Å². The molecule has 0 radical (unpaired) electrons. The Morgan fingerprint density at radius 1 is 1.19 bits per heavy atom. The molecule has 0 fully saturated rings. The number of benzene rings is 2. The van der Waals surface area contributed by atoms with Crippen molar-refractivity contribution in [1.29, 1.82) is 0 Å². The maximum Gasteiger partial charge on any atom is 0.325 e. The number of nitrogens with zero attached hydrogens (tertiary/aromatic N) is 3. The minimum absolute atomic E-state index is 0.105. The Labute approximate surface area is 193 Å². The molecule has 0 aliphatic rings. The normalized spacial score (nSPS) is 11.5. The van der Waals surface area contributed by atoms with Crippen molar-refractivity contribution >= 4 is 47.0 Å². The number of para-hydroxylation sites is 1. The number of hydrogen-bond acceptors (Lipinski definition) is 7. The fourth-order valence-electron chi connectivity index (χ4n) is 2.54. The highest BCUT2D eigenvalue weighted by Gasteiger charge is 2.21. The van der Waals surface area contributed by atoms with E-state index in [1.54, 1.807) is 41.0 Å².